The minimum atomic E-state index is -0.895. The van der Waals surface area contributed by atoms with Crippen LogP contribution >= 0.6 is 0 Å². The van der Waals surface area contributed by atoms with Crippen LogP contribution in [0.4, 0.5) is 9.59 Å². The van der Waals surface area contributed by atoms with Gasteiger partial charge in [-0.15, -0.1) is 0 Å². The number of carbonyl (C=O) groups is 3. The predicted molar refractivity (Wildman–Crippen MR) is 98.4 cm³/mol. The topological polar surface area (TPSA) is 99.2 Å². The first-order valence-electron chi connectivity index (χ1n) is 10.1. The first-order valence-corrected chi connectivity index (χ1v) is 10.1. The normalized spacial score (nSPS) is 30.3. The molecule has 0 aromatic rings. The van der Waals surface area contributed by atoms with E-state index in [0.717, 1.165) is 32.1 Å². The molecule has 0 unspecified atom stereocenters. The molecule has 3 rings (SSSR count). The van der Waals surface area contributed by atoms with Crippen molar-refractivity contribution in [1.29, 1.82) is 0 Å². The number of carboxylic acid groups (broad SMARTS) is 1. The van der Waals surface area contributed by atoms with E-state index in [0.29, 0.717) is 39.1 Å². The molecule has 0 bridgehead atoms. The van der Waals surface area contributed by atoms with E-state index in [1.165, 1.54) is 4.90 Å². The van der Waals surface area contributed by atoms with Crippen LogP contribution in [0.3, 0.4) is 0 Å². The van der Waals surface area contributed by atoms with E-state index in [1.54, 1.807) is 0 Å². The summed E-state index contributed by atoms with van der Waals surface area (Å²) >= 11 is 0. The number of rotatable bonds is 4. The molecule has 0 atom stereocenters. The van der Waals surface area contributed by atoms with Crippen LogP contribution in [0.25, 0.3) is 0 Å². The molecule has 0 aromatic carbocycles. The van der Waals surface area contributed by atoms with Gasteiger partial charge in [-0.1, -0.05) is 6.92 Å². The maximum absolute atomic E-state index is 12.6. The number of hydrogen-bond donors (Lipinski definition) is 2. The fourth-order valence-electron chi connectivity index (χ4n) is 4.89. The van der Waals surface area contributed by atoms with Crippen molar-refractivity contribution < 1.29 is 24.2 Å². The molecule has 3 amide bonds. The summed E-state index contributed by atoms with van der Waals surface area (Å²) in [5.41, 5.74) is -0.726. The van der Waals surface area contributed by atoms with E-state index in [2.05, 4.69) is 5.32 Å². The Labute approximate surface area is 160 Å². The number of ether oxygens (including phenoxy) is 1. The second-order valence-electron chi connectivity index (χ2n) is 8.19. The molecule has 27 heavy (non-hydrogen) atoms. The summed E-state index contributed by atoms with van der Waals surface area (Å²) in [5.74, 6) is -0.102. The van der Waals surface area contributed by atoms with Crippen LogP contribution in [0.5, 0.6) is 0 Å². The van der Waals surface area contributed by atoms with Crippen LogP contribution in [-0.2, 0) is 9.53 Å². The Balaban J connectivity index is 1.60. The summed E-state index contributed by atoms with van der Waals surface area (Å²) < 4.78 is 5.29. The van der Waals surface area contributed by atoms with E-state index in [1.807, 2.05) is 18.7 Å². The number of hydrogen-bond acceptors (Lipinski definition) is 4. The lowest BCUT2D eigenvalue weighted by Gasteiger charge is -2.41. The summed E-state index contributed by atoms with van der Waals surface area (Å²) in [7, 11) is 0. The Kier molecular flexibility index (Phi) is 5.53. The van der Waals surface area contributed by atoms with Gasteiger partial charge >= 0.3 is 18.1 Å². The highest BCUT2D eigenvalue weighted by molar-refractivity contribution is 5.79. The molecule has 0 radical (unpaired) electrons. The molecule has 8 nitrogen and oxygen atoms in total. The number of amides is 3. The summed E-state index contributed by atoms with van der Waals surface area (Å²) in [6.07, 6.45) is 4.27. The third-order valence-electron chi connectivity index (χ3n) is 6.84. The highest BCUT2D eigenvalue weighted by Crippen LogP contribution is 2.43. The maximum atomic E-state index is 12.6. The van der Waals surface area contributed by atoms with Gasteiger partial charge in [0.25, 0.3) is 0 Å². The number of carbonyl (C=O) groups excluding carboxylic acids is 2. The van der Waals surface area contributed by atoms with Crippen LogP contribution in [0, 0.1) is 5.41 Å². The number of nitrogens with zero attached hydrogens (tertiary/aromatic N) is 2. The van der Waals surface area contributed by atoms with Gasteiger partial charge in [0.15, 0.2) is 0 Å². The first kappa shape index (κ1) is 19.8. The van der Waals surface area contributed by atoms with Crippen LogP contribution in [0.1, 0.15) is 58.8 Å². The van der Waals surface area contributed by atoms with E-state index in [-0.39, 0.29) is 23.6 Å². The molecule has 8 heteroatoms. The summed E-state index contributed by atoms with van der Waals surface area (Å²) in [6, 6.07) is 0.0832. The Bertz CT molecular complexity index is 592. The van der Waals surface area contributed by atoms with Gasteiger partial charge in [-0.3, -0.25) is 4.79 Å². The van der Waals surface area contributed by atoms with Gasteiger partial charge in [-0.2, -0.15) is 0 Å². The standard InChI is InChI=1S/C19H31N3O5/c1-3-18(15(23)27-4-2)7-5-14(6-8-18)22-13-19(20-16(22)24)9-11-21(12-10-19)17(25)26/h14H,3-13H2,1-2H3,(H,20,24)(H,25,26). The lowest BCUT2D eigenvalue weighted by molar-refractivity contribution is -0.158. The van der Waals surface area contributed by atoms with Crippen molar-refractivity contribution in [2.45, 2.75) is 70.4 Å². The van der Waals surface area contributed by atoms with Crippen molar-refractivity contribution in [2.24, 2.45) is 5.41 Å². The predicted octanol–water partition coefficient (Wildman–Crippen LogP) is 2.43. The fraction of sp³-hybridized carbons (Fsp3) is 0.842. The highest BCUT2D eigenvalue weighted by atomic mass is 16.5. The fourth-order valence-corrected chi connectivity index (χ4v) is 4.89. The van der Waals surface area contributed by atoms with Gasteiger partial charge in [0.1, 0.15) is 0 Å². The number of urea groups is 1. The summed E-state index contributed by atoms with van der Waals surface area (Å²) in [6.45, 7) is 5.80. The second kappa shape index (κ2) is 7.56. The molecule has 1 saturated carbocycles. The Hall–Kier alpha value is -1.99. The van der Waals surface area contributed by atoms with E-state index >= 15 is 0 Å². The highest BCUT2D eigenvalue weighted by Gasteiger charge is 2.49. The molecule has 3 fully saturated rings. The first-order chi connectivity index (χ1) is 12.8. The van der Waals surface area contributed by atoms with E-state index < -0.39 is 11.5 Å². The molecule has 0 aromatic heterocycles. The minimum absolute atomic E-state index is 0.0519. The van der Waals surface area contributed by atoms with E-state index in [9.17, 15) is 14.4 Å². The lowest BCUT2D eigenvalue weighted by Crippen LogP contribution is -2.53. The number of piperidine rings is 1. The smallest absolute Gasteiger partial charge is 0.407 e. The third kappa shape index (κ3) is 3.71. The van der Waals surface area contributed by atoms with E-state index in [4.69, 9.17) is 9.84 Å². The summed E-state index contributed by atoms with van der Waals surface area (Å²) in [5, 5.41) is 12.3. The Morgan fingerprint density at radius 1 is 1.19 bits per heavy atom. The molecule has 2 heterocycles. The largest absolute Gasteiger partial charge is 0.466 e. The molecule has 1 aliphatic carbocycles. The van der Waals surface area contributed by atoms with Crippen molar-refractivity contribution >= 4 is 18.1 Å². The Morgan fingerprint density at radius 3 is 2.33 bits per heavy atom. The zero-order valence-electron chi connectivity index (χ0n) is 16.3. The average molecular weight is 381 g/mol. The zero-order valence-corrected chi connectivity index (χ0v) is 16.3. The van der Waals surface area contributed by atoms with Crippen molar-refractivity contribution in [3.63, 3.8) is 0 Å². The molecule has 152 valence electrons. The third-order valence-corrected chi connectivity index (χ3v) is 6.84. The lowest BCUT2D eigenvalue weighted by atomic mass is 9.70. The molecule has 2 N–H and O–H groups in total. The molecule has 2 aliphatic heterocycles. The molecular weight excluding hydrogens is 350 g/mol. The zero-order chi connectivity index (χ0) is 19.7. The number of nitrogens with one attached hydrogen (secondary N) is 1. The number of likely N-dealkylation sites (tertiary alicyclic amines) is 1. The summed E-state index contributed by atoms with van der Waals surface area (Å²) in [4.78, 5) is 39.5. The van der Waals surface area contributed by atoms with Gasteiger partial charge in [0.05, 0.1) is 17.6 Å². The van der Waals surface area contributed by atoms with Gasteiger partial charge in [0, 0.05) is 25.7 Å². The van der Waals surface area contributed by atoms with Crippen molar-refractivity contribution in [3.05, 3.63) is 0 Å². The van der Waals surface area contributed by atoms with Crippen molar-refractivity contribution in [3.8, 4) is 0 Å². The molecule has 1 spiro atoms. The second-order valence-corrected chi connectivity index (χ2v) is 8.19. The van der Waals surface area contributed by atoms with Crippen molar-refractivity contribution in [1.82, 2.24) is 15.1 Å². The Morgan fingerprint density at radius 2 is 1.81 bits per heavy atom. The van der Waals surface area contributed by atoms with Crippen LogP contribution in [0.15, 0.2) is 0 Å². The van der Waals surface area contributed by atoms with Gasteiger partial charge in [-0.05, 0) is 51.9 Å². The van der Waals surface area contributed by atoms with Crippen molar-refractivity contribution in [2.75, 3.05) is 26.2 Å². The van der Waals surface area contributed by atoms with Gasteiger partial charge < -0.3 is 25.0 Å². The molecule has 2 saturated heterocycles. The van der Waals surface area contributed by atoms with Crippen LogP contribution in [0.2, 0.25) is 0 Å². The van der Waals surface area contributed by atoms with Crippen LogP contribution < -0.4 is 5.32 Å². The van der Waals surface area contributed by atoms with Gasteiger partial charge in [-0.25, -0.2) is 9.59 Å². The van der Waals surface area contributed by atoms with Gasteiger partial charge in [0.2, 0.25) is 0 Å². The minimum Gasteiger partial charge on any atom is -0.466 e. The maximum Gasteiger partial charge on any atom is 0.407 e. The molecular formula is C19H31N3O5. The SMILES string of the molecule is CCOC(=O)C1(CC)CCC(N2CC3(CCN(C(=O)O)CC3)NC2=O)CC1. The monoisotopic (exact) mass is 381 g/mol. The number of esters is 1. The average Bonchev–Trinajstić information content (AvgIpc) is 2.98. The van der Waals surface area contributed by atoms with Crippen LogP contribution in [-0.4, -0.2) is 70.8 Å². The molecule has 3 aliphatic rings. The quantitative estimate of drug-likeness (QED) is 0.729.